The summed E-state index contributed by atoms with van der Waals surface area (Å²) in [5, 5.41) is 10.6. The van der Waals surface area contributed by atoms with Crippen LogP contribution in [0, 0.1) is 0 Å². The monoisotopic (exact) mass is 602 g/mol. The lowest BCUT2D eigenvalue weighted by Gasteiger charge is -2.27. The fourth-order valence-corrected chi connectivity index (χ4v) is 5.67. The molecule has 13 heteroatoms. The van der Waals surface area contributed by atoms with Gasteiger partial charge in [0.25, 0.3) is 5.91 Å². The molecule has 0 radical (unpaired) electrons. The standard InChI is InChI=1S/C25H32Cl2N8O.2ClH/c26-16-11-15(12-17(27)13-16)24(36)30-10-9-29-22-21-23(35(14-31-21)20-3-1-2-4-20)34-25(33-22)32-19-7-5-18(28)6-8-19;;/h11-14,18-20H,1-10,28H2,(H,30,36)(H2,29,32,33,34);2*1H. The van der Waals surface area contributed by atoms with E-state index in [0.29, 0.717) is 52.5 Å². The molecule has 0 spiro atoms. The highest BCUT2D eigenvalue weighted by molar-refractivity contribution is 6.35. The smallest absolute Gasteiger partial charge is 0.251 e. The fraction of sp³-hybridized carbons (Fsp3) is 0.520. The molecule has 2 aromatic heterocycles. The van der Waals surface area contributed by atoms with Gasteiger partial charge in [-0.3, -0.25) is 4.79 Å². The van der Waals surface area contributed by atoms with Crippen molar-refractivity contribution in [2.75, 3.05) is 23.7 Å². The van der Waals surface area contributed by atoms with Crippen LogP contribution in [0.5, 0.6) is 0 Å². The molecule has 0 unspecified atom stereocenters. The summed E-state index contributed by atoms with van der Waals surface area (Å²) in [7, 11) is 0. The van der Waals surface area contributed by atoms with Gasteiger partial charge in [-0.05, 0) is 56.7 Å². The second-order valence-corrected chi connectivity index (χ2v) is 10.6. The van der Waals surface area contributed by atoms with Crippen LogP contribution in [0.2, 0.25) is 10.0 Å². The van der Waals surface area contributed by atoms with Crippen LogP contribution in [0.15, 0.2) is 24.5 Å². The minimum atomic E-state index is -0.239. The van der Waals surface area contributed by atoms with Crippen LogP contribution in [-0.2, 0) is 0 Å². The van der Waals surface area contributed by atoms with E-state index in [1.807, 2.05) is 6.33 Å². The van der Waals surface area contributed by atoms with Gasteiger partial charge in [0.15, 0.2) is 17.0 Å². The highest BCUT2D eigenvalue weighted by atomic mass is 35.5. The van der Waals surface area contributed by atoms with Gasteiger partial charge in [0.05, 0.1) is 6.33 Å². The number of aromatic nitrogens is 4. The first-order valence-corrected chi connectivity index (χ1v) is 13.5. The van der Waals surface area contributed by atoms with E-state index in [1.54, 1.807) is 18.2 Å². The normalized spacial score (nSPS) is 19.4. The van der Waals surface area contributed by atoms with Gasteiger partial charge in [-0.15, -0.1) is 24.8 Å². The quantitative estimate of drug-likeness (QED) is 0.247. The molecule has 0 saturated heterocycles. The number of nitrogens with two attached hydrogens (primary N) is 1. The summed E-state index contributed by atoms with van der Waals surface area (Å²) < 4.78 is 2.20. The van der Waals surface area contributed by atoms with Crippen LogP contribution >= 0.6 is 48.0 Å². The average molecular weight is 604 g/mol. The molecular formula is C25H34Cl4N8O. The van der Waals surface area contributed by atoms with Gasteiger partial charge in [-0.25, -0.2) is 4.98 Å². The largest absolute Gasteiger partial charge is 0.366 e. The van der Waals surface area contributed by atoms with E-state index in [0.717, 1.165) is 49.7 Å². The molecule has 2 saturated carbocycles. The molecule has 0 atom stereocenters. The number of anilines is 2. The zero-order valence-corrected chi connectivity index (χ0v) is 24.1. The number of hydrogen-bond acceptors (Lipinski definition) is 7. The van der Waals surface area contributed by atoms with Gasteiger partial charge < -0.3 is 26.3 Å². The highest BCUT2D eigenvalue weighted by Gasteiger charge is 2.24. The van der Waals surface area contributed by atoms with Gasteiger partial charge in [0.1, 0.15) is 0 Å². The van der Waals surface area contributed by atoms with Crippen molar-refractivity contribution < 1.29 is 4.79 Å². The Morgan fingerprint density at radius 3 is 2.34 bits per heavy atom. The van der Waals surface area contributed by atoms with E-state index < -0.39 is 0 Å². The lowest BCUT2D eigenvalue weighted by Crippen LogP contribution is -2.33. The SMILES string of the molecule is Cl.Cl.NC1CCC(Nc2nc(NCCNC(=O)c3cc(Cl)cc(Cl)c3)c3ncn(C4CCCC4)c3n2)CC1. The van der Waals surface area contributed by atoms with E-state index in [2.05, 4.69) is 25.5 Å². The van der Waals surface area contributed by atoms with Crippen LogP contribution in [0.3, 0.4) is 0 Å². The minimum absolute atomic E-state index is 0. The number of fused-ring (bicyclic) bond motifs is 1. The van der Waals surface area contributed by atoms with Gasteiger partial charge in [-0.2, -0.15) is 9.97 Å². The Hall–Kier alpha value is -2.04. The molecule has 2 heterocycles. The molecule has 0 bridgehead atoms. The Labute approximate surface area is 244 Å². The maximum atomic E-state index is 12.5. The van der Waals surface area contributed by atoms with E-state index in [4.69, 9.17) is 38.9 Å². The minimum Gasteiger partial charge on any atom is -0.366 e. The van der Waals surface area contributed by atoms with Crippen LogP contribution in [0.1, 0.15) is 67.8 Å². The maximum Gasteiger partial charge on any atom is 0.251 e. The molecule has 2 aliphatic rings. The zero-order valence-electron chi connectivity index (χ0n) is 21.0. The molecule has 208 valence electrons. The molecule has 1 amide bonds. The summed E-state index contributed by atoms with van der Waals surface area (Å²) in [5.74, 6) is 1.02. The van der Waals surface area contributed by atoms with Gasteiger partial charge in [0, 0.05) is 46.8 Å². The lowest BCUT2D eigenvalue weighted by molar-refractivity contribution is 0.0955. The summed E-state index contributed by atoms with van der Waals surface area (Å²) in [6.07, 6.45) is 10.6. The molecular weight excluding hydrogens is 570 g/mol. The first kappa shape index (κ1) is 30.5. The highest BCUT2D eigenvalue weighted by Crippen LogP contribution is 2.33. The second kappa shape index (κ2) is 13.8. The molecule has 5 rings (SSSR count). The first-order chi connectivity index (χ1) is 17.5. The van der Waals surface area contributed by atoms with Crippen LogP contribution < -0.4 is 21.7 Å². The van der Waals surface area contributed by atoms with E-state index in [-0.39, 0.29) is 36.8 Å². The number of hydrogen-bond donors (Lipinski definition) is 4. The molecule has 5 N–H and O–H groups in total. The van der Waals surface area contributed by atoms with Crippen molar-refractivity contribution in [3.8, 4) is 0 Å². The molecule has 9 nitrogen and oxygen atoms in total. The number of nitrogens with one attached hydrogen (secondary N) is 3. The van der Waals surface area contributed by atoms with E-state index in [1.165, 1.54) is 12.8 Å². The van der Waals surface area contributed by atoms with Gasteiger partial charge in [0.2, 0.25) is 5.95 Å². The fourth-order valence-electron chi connectivity index (χ4n) is 5.14. The Kier molecular flexibility index (Phi) is 11.1. The van der Waals surface area contributed by atoms with Crippen molar-refractivity contribution in [2.45, 2.75) is 69.5 Å². The van der Waals surface area contributed by atoms with Crippen molar-refractivity contribution >= 4 is 76.9 Å². The molecule has 3 aromatic rings. The molecule has 0 aliphatic heterocycles. The number of amides is 1. The number of halogens is 4. The van der Waals surface area contributed by atoms with E-state index >= 15 is 0 Å². The number of nitrogens with zero attached hydrogens (tertiary/aromatic N) is 4. The summed E-state index contributed by atoms with van der Waals surface area (Å²) >= 11 is 12.0. The van der Waals surface area contributed by atoms with Crippen LogP contribution in [-0.4, -0.2) is 50.6 Å². The molecule has 1 aromatic carbocycles. The van der Waals surface area contributed by atoms with Crippen LogP contribution in [0.25, 0.3) is 11.2 Å². The number of imidazole rings is 1. The Bertz CT molecular complexity index is 1210. The number of rotatable bonds is 8. The third kappa shape index (κ3) is 7.33. The van der Waals surface area contributed by atoms with Gasteiger partial charge >= 0.3 is 0 Å². The van der Waals surface area contributed by atoms with Crippen molar-refractivity contribution in [1.82, 2.24) is 24.8 Å². The average Bonchev–Trinajstić information content (AvgIpc) is 3.52. The second-order valence-electron chi connectivity index (χ2n) is 9.75. The predicted octanol–water partition coefficient (Wildman–Crippen LogP) is 5.62. The van der Waals surface area contributed by atoms with Crippen molar-refractivity contribution in [1.29, 1.82) is 0 Å². The number of carbonyl (C=O) groups excluding carboxylic acids is 1. The van der Waals surface area contributed by atoms with Gasteiger partial charge in [-0.1, -0.05) is 36.0 Å². The third-order valence-electron chi connectivity index (χ3n) is 7.07. The first-order valence-electron chi connectivity index (χ1n) is 12.7. The van der Waals surface area contributed by atoms with Crippen molar-refractivity contribution in [2.24, 2.45) is 5.73 Å². The number of benzene rings is 1. The topological polar surface area (TPSA) is 123 Å². The van der Waals surface area contributed by atoms with Crippen LogP contribution in [0.4, 0.5) is 11.8 Å². The number of carbonyl (C=O) groups is 1. The summed E-state index contributed by atoms with van der Waals surface area (Å²) in [6.45, 7) is 0.862. The third-order valence-corrected chi connectivity index (χ3v) is 7.51. The van der Waals surface area contributed by atoms with Crippen molar-refractivity contribution in [3.63, 3.8) is 0 Å². The summed E-state index contributed by atoms with van der Waals surface area (Å²) in [4.78, 5) is 26.8. The molecule has 2 aliphatic carbocycles. The van der Waals surface area contributed by atoms with Crippen molar-refractivity contribution in [3.05, 3.63) is 40.1 Å². The Balaban J connectivity index is 0.00000200. The summed E-state index contributed by atoms with van der Waals surface area (Å²) in [6, 6.07) is 5.79. The summed E-state index contributed by atoms with van der Waals surface area (Å²) in [5.41, 5.74) is 8.09. The predicted molar refractivity (Wildman–Crippen MR) is 158 cm³/mol. The van der Waals surface area contributed by atoms with E-state index in [9.17, 15) is 4.79 Å². The zero-order chi connectivity index (χ0) is 25.1. The molecule has 2 fully saturated rings. The Morgan fingerprint density at radius 2 is 1.66 bits per heavy atom. The Morgan fingerprint density at radius 1 is 0.974 bits per heavy atom. The maximum absolute atomic E-state index is 12.5. The molecule has 38 heavy (non-hydrogen) atoms. The lowest BCUT2D eigenvalue weighted by atomic mass is 9.92.